The first-order valence-electron chi connectivity index (χ1n) is 6.46. The number of hydrogen-bond donors (Lipinski definition) is 1. The van der Waals surface area contributed by atoms with E-state index in [1.54, 1.807) is 11.3 Å². The smallest absolute Gasteiger partial charge is 0.260 e. The van der Waals surface area contributed by atoms with Crippen LogP contribution in [-0.2, 0) is 0 Å². The lowest BCUT2D eigenvalue weighted by molar-refractivity contribution is 0.432. The van der Waals surface area contributed by atoms with Gasteiger partial charge in [-0.2, -0.15) is 16.3 Å². The molecule has 2 aromatic heterocycles. The Balaban J connectivity index is 1.85. The number of anilines is 1. The molecule has 0 fully saturated rings. The Morgan fingerprint density at radius 1 is 1.05 bits per heavy atom. The Kier molecular flexibility index (Phi) is 2.72. The third kappa shape index (κ3) is 2.08. The van der Waals surface area contributed by atoms with Crippen LogP contribution in [0.2, 0.25) is 0 Å². The summed E-state index contributed by atoms with van der Waals surface area (Å²) in [6, 6.07) is 13.9. The first-order chi connectivity index (χ1) is 10.3. The molecule has 4 nitrogen and oxygen atoms in total. The van der Waals surface area contributed by atoms with Crippen LogP contribution in [0.5, 0.6) is 0 Å². The van der Waals surface area contributed by atoms with Crippen molar-refractivity contribution < 1.29 is 4.52 Å². The lowest BCUT2D eigenvalue weighted by Gasteiger charge is -2.03. The van der Waals surface area contributed by atoms with Gasteiger partial charge in [0.05, 0.1) is 5.56 Å². The molecule has 0 aliphatic heterocycles. The minimum absolute atomic E-state index is 0.444. The fourth-order valence-electron chi connectivity index (χ4n) is 2.28. The van der Waals surface area contributed by atoms with Crippen LogP contribution in [0.25, 0.3) is 33.6 Å². The molecule has 21 heavy (non-hydrogen) atoms. The Labute approximate surface area is 124 Å². The van der Waals surface area contributed by atoms with E-state index in [1.807, 2.05) is 53.2 Å². The lowest BCUT2D eigenvalue weighted by atomic mass is 10.1. The molecule has 0 aliphatic carbocycles. The molecule has 2 aromatic carbocycles. The van der Waals surface area contributed by atoms with Crippen molar-refractivity contribution in [3.8, 4) is 22.8 Å². The quantitative estimate of drug-likeness (QED) is 0.562. The first kappa shape index (κ1) is 12.1. The van der Waals surface area contributed by atoms with E-state index in [0.717, 1.165) is 21.9 Å². The van der Waals surface area contributed by atoms with Crippen molar-refractivity contribution in [1.82, 2.24) is 10.1 Å². The standard InChI is InChI=1S/C16H11N3OS/c17-14-8-11-4-2-1-3-10(11)7-13(14)16-18-15(19-20-16)12-5-6-21-9-12/h1-9H,17H2. The summed E-state index contributed by atoms with van der Waals surface area (Å²) in [5.41, 5.74) is 8.47. The van der Waals surface area contributed by atoms with E-state index < -0.39 is 0 Å². The summed E-state index contributed by atoms with van der Waals surface area (Å²) in [5, 5.41) is 10.2. The summed E-state index contributed by atoms with van der Waals surface area (Å²) < 4.78 is 5.37. The van der Waals surface area contributed by atoms with Gasteiger partial charge in [-0.3, -0.25) is 0 Å². The van der Waals surface area contributed by atoms with Crippen LogP contribution in [0, 0.1) is 0 Å². The number of nitrogens with zero attached hydrogens (tertiary/aromatic N) is 2. The van der Waals surface area contributed by atoms with Crippen molar-refractivity contribution in [2.24, 2.45) is 0 Å². The molecule has 0 saturated carbocycles. The second-order valence-electron chi connectivity index (χ2n) is 4.72. The molecule has 2 heterocycles. The minimum atomic E-state index is 0.444. The molecule has 0 atom stereocenters. The van der Waals surface area contributed by atoms with Crippen molar-refractivity contribution in [3.63, 3.8) is 0 Å². The molecule has 4 aromatic rings. The molecule has 0 bridgehead atoms. The van der Waals surface area contributed by atoms with Gasteiger partial charge in [-0.25, -0.2) is 0 Å². The average Bonchev–Trinajstić information content (AvgIpc) is 3.17. The first-order valence-corrected chi connectivity index (χ1v) is 7.40. The lowest BCUT2D eigenvalue weighted by Crippen LogP contribution is -1.90. The summed E-state index contributed by atoms with van der Waals surface area (Å²) >= 11 is 1.60. The van der Waals surface area contributed by atoms with Gasteiger partial charge in [0.2, 0.25) is 5.82 Å². The Hall–Kier alpha value is -2.66. The Morgan fingerprint density at radius 3 is 2.62 bits per heavy atom. The van der Waals surface area contributed by atoms with E-state index in [2.05, 4.69) is 10.1 Å². The largest absolute Gasteiger partial charge is 0.398 e. The van der Waals surface area contributed by atoms with Crippen LogP contribution in [-0.4, -0.2) is 10.1 Å². The second kappa shape index (κ2) is 4.71. The van der Waals surface area contributed by atoms with Crippen LogP contribution in [0.3, 0.4) is 0 Å². The van der Waals surface area contributed by atoms with Crippen molar-refractivity contribution in [3.05, 3.63) is 53.2 Å². The number of fused-ring (bicyclic) bond motifs is 1. The van der Waals surface area contributed by atoms with E-state index >= 15 is 0 Å². The SMILES string of the molecule is Nc1cc2ccccc2cc1-c1nc(-c2ccsc2)no1. The highest BCUT2D eigenvalue weighted by molar-refractivity contribution is 7.08. The molecule has 0 unspecified atom stereocenters. The van der Waals surface area contributed by atoms with Crippen LogP contribution in [0.4, 0.5) is 5.69 Å². The van der Waals surface area contributed by atoms with Gasteiger partial charge >= 0.3 is 0 Å². The van der Waals surface area contributed by atoms with Crippen LogP contribution < -0.4 is 5.73 Å². The molecule has 0 spiro atoms. The average molecular weight is 293 g/mol. The summed E-state index contributed by atoms with van der Waals surface area (Å²) in [4.78, 5) is 4.44. The van der Waals surface area contributed by atoms with E-state index in [-0.39, 0.29) is 0 Å². The maximum Gasteiger partial charge on any atom is 0.260 e. The highest BCUT2D eigenvalue weighted by Crippen LogP contribution is 2.31. The topological polar surface area (TPSA) is 64.9 Å². The van der Waals surface area contributed by atoms with Gasteiger partial charge in [-0.05, 0) is 34.4 Å². The monoisotopic (exact) mass is 293 g/mol. The molecule has 0 amide bonds. The number of nitrogen functional groups attached to an aromatic ring is 1. The van der Waals surface area contributed by atoms with E-state index in [0.29, 0.717) is 17.4 Å². The summed E-state index contributed by atoms with van der Waals surface area (Å²) in [6.45, 7) is 0. The van der Waals surface area contributed by atoms with Gasteiger partial charge in [-0.15, -0.1) is 0 Å². The van der Waals surface area contributed by atoms with E-state index in [1.165, 1.54) is 0 Å². The maximum absolute atomic E-state index is 6.12. The fourth-order valence-corrected chi connectivity index (χ4v) is 2.92. The summed E-state index contributed by atoms with van der Waals surface area (Å²) in [6.07, 6.45) is 0. The highest BCUT2D eigenvalue weighted by atomic mass is 32.1. The number of aromatic nitrogens is 2. The summed E-state index contributed by atoms with van der Waals surface area (Å²) in [5.74, 6) is 1.03. The highest BCUT2D eigenvalue weighted by Gasteiger charge is 2.14. The van der Waals surface area contributed by atoms with Crippen molar-refractivity contribution in [2.45, 2.75) is 0 Å². The van der Waals surface area contributed by atoms with Crippen molar-refractivity contribution in [2.75, 3.05) is 5.73 Å². The van der Waals surface area contributed by atoms with Crippen molar-refractivity contribution >= 4 is 27.8 Å². The zero-order valence-electron chi connectivity index (χ0n) is 11.0. The normalized spacial score (nSPS) is 11.0. The molecule has 102 valence electrons. The number of thiophene rings is 1. The van der Waals surface area contributed by atoms with Crippen LogP contribution in [0.15, 0.2) is 57.7 Å². The molecule has 0 radical (unpaired) electrons. The predicted molar refractivity (Wildman–Crippen MR) is 85.0 cm³/mol. The number of benzene rings is 2. The maximum atomic E-state index is 6.12. The van der Waals surface area contributed by atoms with Gasteiger partial charge in [0.25, 0.3) is 5.89 Å². The number of nitrogens with two attached hydrogens (primary N) is 1. The second-order valence-corrected chi connectivity index (χ2v) is 5.50. The molecule has 0 saturated heterocycles. The number of hydrogen-bond acceptors (Lipinski definition) is 5. The molecular formula is C16H11N3OS. The van der Waals surface area contributed by atoms with Gasteiger partial charge in [0.1, 0.15) is 0 Å². The predicted octanol–water partition coefficient (Wildman–Crippen LogP) is 4.20. The van der Waals surface area contributed by atoms with Gasteiger partial charge in [0, 0.05) is 16.6 Å². The van der Waals surface area contributed by atoms with Gasteiger partial charge in [0.15, 0.2) is 0 Å². The molecule has 4 rings (SSSR count). The Morgan fingerprint density at radius 2 is 1.86 bits per heavy atom. The molecular weight excluding hydrogens is 282 g/mol. The molecule has 2 N–H and O–H groups in total. The molecule has 5 heteroatoms. The Bertz CT molecular complexity index is 912. The van der Waals surface area contributed by atoms with E-state index in [9.17, 15) is 0 Å². The zero-order valence-corrected chi connectivity index (χ0v) is 11.8. The number of rotatable bonds is 2. The van der Waals surface area contributed by atoms with Crippen LogP contribution in [0.1, 0.15) is 0 Å². The zero-order chi connectivity index (χ0) is 14.2. The fraction of sp³-hybridized carbons (Fsp3) is 0. The van der Waals surface area contributed by atoms with Crippen LogP contribution >= 0.6 is 11.3 Å². The van der Waals surface area contributed by atoms with E-state index in [4.69, 9.17) is 10.3 Å². The van der Waals surface area contributed by atoms with Gasteiger partial charge in [-0.1, -0.05) is 29.4 Å². The molecule has 0 aliphatic rings. The third-order valence-electron chi connectivity index (χ3n) is 3.35. The summed E-state index contributed by atoms with van der Waals surface area (Å²) in [7, 11) is 0. The van der Waals surface area contributed by atoms with Gasteiger partial charge < -0.3 is 10.3 Å². The minimum Gasteiger partial charge on any atom is -0.398 e. The third-order valence-corrected chi connectivity index (χ3v) is 4.04. The van der Waals surface area contributed by atoms with Crippen molar-refractivity contribution in [1.29, 1.82) is 0 Å².